The minimum absolute atomic E-state index is 0.246. The number of hydrogen-bond donors (Lipinski definition) is 1. The number of ether oxygens (including phenoxy) is 2. The first kappa shape index (κ1) is 24.0. The average molecular weight is 443 g/mol. The summed E-state index contributed by atoms with van der Waals surface area (Å²) in [7, 11) is 1.35. The predicted octanol–water partition coefficient (Wildman–Crippen LogP) is 2.43. The van der Waals surface area contributed by atoms with E-state index in [1.807, 2.05) is 20.8 Å². The molecule has 2 heterocycles. The van der Waals surface area contributed by atoms with Gasteiger partial charge in [-0.05, 0) is 37.1 Å². The van der Waals surface area contributed by atoms with Crippen LogP contribution in [0.4, 0.5) is 4.79 Å². The summed E-state index contributed by atoms with van der Waals surface area (Å²) >= 11 is 0. The monoisotopic (exact) mass is 442 g/mol. The van der Waals surface area contributed by atoms with Gasteiger partial charge in [0.2, 0.25) is 0 Å². The number of benzene rings is 1. The first-order valence-corrected chi connectivity index (χ1v) is 11.2. The Morgan fingerprint density at radius 1 is 1.19 bits per heavy atom. The number of alkyl carbamates (subject to hydrolysis) is 1. The number of carbonyl (C=O) groups excluding carboxylic acids is 2. The Labute approximate surface area is 190 Å². The molecule has 2 aliphatic heterocycles. The summed E-state index contributed by atoms with van der Waals surface area (Å²) in [5.41, 5.74) is 0.245. The van der Waals surface area contributed by atoms with Gasteiger partial charge in [0, 0.05) is 37.1 Å². The second-order valence-corrected chi connectivity index (χ2v) is 9.73. The highest BCUT2D eigenvalue weighted by Crippen LogP contribution is 2.31. The number of piperazine rings is 1. The second-order valence-electron chi connectivity index (χ2n) is 9.73. The van der Waals surface area contributed by atoms with Crippen molar-refractivity contribution in [3.63, 3.8) is 0 Å². The lowest BCUT2D eigenvalue weighted by molar-refractivity contribution is -0.128. The topological polar surface area (TPSA) is 94.9 Å². The van der Waals surface area contributed by atoms with Crippen molar-refractivity contribution >= 4 is 11.9 Å². The van der Waals surface area contributed by atoms with E-state index in [9.17, 15) is 9.59 Å². The fraction of sp³-hybridized carbons (Fsp3) is 0.625. The van der Waals surface area contributed by atoms with Crippen molar-refractivity contribution in [3.05, 3.63) is 29.8 Å². The Morgan fingerprint density at radius 2 is 1.81 bits per heavy atom. The van der Waals surface area contributed by atoms with Crippen LogP contribution in [0.3, 0.4) is 0 Å². The number of methoxy groups -OCH3 is 1. The molecule has 1 aromatic rings. The maximum atomic E-state index is 12.5. The Kier molecular flexibility index (Phi) is 7.75. The van der Waals surface area contributed by atoms with E-state index in [0.29, 0.717) is 43.1 Å². The summed E-state index contributed by atoms with van der Waals surface area (Å²) in [6.07, 6.45) is 1.69. The van der Waals surface area contributed by atoms with Crippen molar-refractivity contribution in [2.45, 2.75) is 51.7 Å². The highest BCUT2D eigenvalue weighted by molar-refractivity contribution is 5.85. The van der Waals surface area contributed by atoms with Crippen LogP contribution in [0.15, 0.2) is 24.3 Å². The third-order valence-electron chi connectivity index (χ3n) is 6.29. The molecule has 0 radical (unpaired) electrons. The van der Waals surface area contributed by atoms with E-state index in [1.165, 1.54) is 7.11 Å². The third-order valence-corrected chi connectivity index (χ3v) is 6.29. The van der Waals surface area contributed by atoms with E-state index < -0.39 is 6.09 Å². The number of Topliss-reactive ketones (excluding diaryl/α,β-unsaturated/α-hetero) is 1. The van der Waals surface area contributed by atoms with Gasteiger partial charge in [-0.25, -0.2) is 4.79 Å². The molecule has 174 valence electrons. The summed E-state index contributed by atoms with van der Waals surface area (Å²) < 4.78 is 10.7. The second kappa shape index (κ2) is 10.3. The standard InChI is InChI=1S/C24H34N4O4/c1-24(2,3)22(29)15-27-13-19-7-8-20(14-27)28(19)12-18(26-23(30)31-4)16-32-21-9-5-17(11-25)6-10-21/h5-6,9-10,18-20H,7-8,12-16H2,1-4H3,(H,26,30)/t18-,19?,20?/m0/s1. The maximum Gasteiger partial charge on any atom is 0.407 e. The van der Waals surface area contributed by atoms with Crippen LogP contribution in [0.2, 0.25) is 0 Å². The van der Waals surface area contributed by atoms with Gasteiger partial charge in [0.05, 0.1) is 31.3 Å². The van der Waals surface area contributed by atoms with E-state index in [2.05, 4.69) is 21.2 Å². The van der Waals surface area contributed by atoms with Crippen LogP contribution in [0.1, 0.15) is 39.2 Å². The van der Waals surface area contributed by atoms with Gasteiger partial charge in [-0.15, -0.1) is 0 Å². The van der Waals surface area contributed by atoms with E-state index in [-0.39, 0.29) is 17.2 Å². The van der Waals surface area contributed by atoms with Crippen LogP contribution in [-0.4, -0.2) is 79.7 Å². The van der Waals surface area contributed by atoms with Crippen molar-refractivity contribution in [2.75, 3.05) is 39.9 Å². The summed E-state index contributed by atoms with van der Waals surface area (Å²) in [5.74, 6) is 0.917. The van der Waals surface area contributed by atoms with Crippen LogP contribution >= 0.6 is 0 Å². The Balaban J connectivity index is 1.60. The molecule has 2 bridgehead atoms. The molecule has 1 amide bonds. The minimum Gasteiger partial charge on any atom is -0.491 e. The number of nitrogens with zero attached hydrogens (tertiary/aromatic N) is 3. The van der Waals surface area contributed by atoms with Crippen LogP contribution in [0, 0.1) is 16.7 Å². The van der Waals surface area contributed by atoms with Crippen LogP contribution < -0.4 is 10.1 Å². The fourth-order valence-electron chi connectivity index (χ4n) is 4.39. The molecule has 1 N–H and O–H groups in total. The maximum absolute atomic E-state index is 12.5. The number of ketones is 1. The number of likely N-dealkylation sites (tertiary alicyclic amines) is 1. The van der Waals surface area contributed by atoms with Gasteiger partial charge in [-0.3, -0.25) is 14.6 Å². The SMILES string of the molecule is COC(=O)N[C@H](COc1ccc(C#N)cc1)CN1C2CCC1CN(CC(=O)C(C)(C)C)C2. The number of fused-ring (bicyclic) bond motifs is 2. The lowest BCUT2D eigenvalue weighted by Crippen LogP contribution is -2.59. The summed E-state index contributed by atoms with van der Waals surface area (Å²) in [6, 6.07) is 9.47. The zero-order valence-electron chi connectivity index (χ0n) is 19.5. The van der Waals surface area contributed by atoms with Crippen LogP contribution in [0.5, 0.6) is 5.75 Å². The predicted molar refractivity (Wildman–Crippen MR) is 120 cm³/mol. The smallest absolute Gasteiger partial charge is 0.407 e. The molecular formula is C24H34N4O4. The highest BCUT2D eigenvalue weighted by Gasteiger charge is 2.41. The molecule has 0 saturated carbocycles. The Hall–Kier alpha value is -2.63. The lowest BCUT2D eigenvalue weighted by atomic mass is 9.90. The van der Waals surface area contributed by atoms with E-state index in [4.69, 9.17) is 14.7 Å². The van der Waals surface area contributed by atoms with E-state index >= 15 is 0 Å². The lowest BCUT2D eigenvalue weighted by Gasteiger charge is -2.42. The van der Waals surface area contributed by atoms with Gasteiger partial charge in [-0.2, -0.15) is 5.26 Å². The number of nitriles is 1. The molecule has 0 spiro atoms. The first-order valence-electron chi connectivity index (χ1n) is 11.2. The molecule has 2 unspecified atom stereocenters. The number of carbonyl (C=O) groups is 2. The van der Waals surface area contributed by atoms with Crippen molar-refractivity contribution in [1.82, 2.24) is 15.1 Å². The van der Waals surface area contributed by atoms with Gasteiger partial charge in [0.1, 0.15) is 12.4 Å². The van der Waals surface area contributed by atoms with Gasteiger partial charge in [0.15, 0.2) is 5.78 Å². The first-order chi connectivity index (χ1) is 15.2. The largest absolute Gasteiger partial charge is 0.491 e. The molecule has 3 rings (SSSR count). The molecule has 2 aliphatic rings. The number of rotatable bonds is 8. The molecule has 8 nitrogen and oxygen atoms in total. The zero-order valence-corrected chi connectivity index (χ0v) is 19.5. The molecule has 0 aliphatic carbocycles. The van der Waals surface area contributed by atoms with Crippen molar-refractivity contribution < 1.29 is 19.1 Å². The minimum atomic E-state index is -0.486. The molecule has 32 heavy (non-hydrogen) atoms. The van der Waals surface area contributed by atoms with Crippen molar-refractivity contribution in [1.29, 1.82) is 5.26 Å². The van der Waals surface area contributed by atoms with E-state index in [0.717, 1.165) is 25.9 Å². The summed E-state index contributed by atoms with van der Waals surface area (Å²) in [4.78, 5) is 29.1. The summed E-state index contributed by atoms with van der Waals surface area (Å²) in [6.45, 7) is 9.08. The van der Waals surface area contributed by atoms with Gasteiger partial charge < -0.3 is 14.8 Å². The number of hydrogen-bond acceptors (Lipinski definition) is 7. The molecule has 1 aromatic carbocycles. The molecular weight excluding hydrogens is 408 g/mol. The van der Waals surface area contributed by atoms with Gasteiger partial charge in [0.25, 0.3) is 0 Å². The molecule has 2 fully saturated rings. The molecule has 8 heteroatoms. The highest BCUT2D eigenvalue weighted by atomic mass is 16.5. The normalized spacial score (nSPS) is 22.1. The Morgan fingerprint density at radius 3 is 2.34 bits per heavy atom. The van der Waals surface area contributed by atoms with E-state index in [1.54, 1.807) is 24.3 Å². The summed E-state index contributed by atoms with van der Waals surface area (Å²) in [5, 5.41) is 11.8. The number of amides is 1. The van der Waals surface area contributed by atoms with Crippen molar-refractivity contribution in [2.24, 2.45) is 5.41 Å². The van der Waals surface area contributed by atoms with Gasteiger partial charge in [-0.1, -0.05) is 20.8 Å². The quantitative estimate of drug-likeness (QED) is 0.661. The Bertz CT molecular complexity index is 829. The van der Waals surface area contributed by atoms with Crippen molar-refractivity contribution in [3.8, 4) is 11.8 Å². The fourth-order valence-corrected chi connectivity index (χ4v) is 4.39. The zero-order chi connectivity index (χ0) is 23.3. The molecule has 3 atom stereocenters. The molecule has 2 saturated heterocycles. The van der Waals surface area contributed by atoms with Crippen LogP contribution in [0.25, 0.3) is 0 Å². The third kappa shape index (κ3) is 6.21. The number of nitrogens with one attached hydrogen (secondary N) is 1. The molecule has 0 aromatic heterocycles. The average Bonchev–Trinajstić information content (AvgIpc) is 2.99. The van der Waals surface area contributed by atoms with Crippen LogP contribution in [-0.2, 0) is 9.53 Å². The van der Waals surface area contributed by atoms with Gasteiger partial charge >= 0.3 is 6.09 Å².